The van der Waals surface area contributed by atoms with Crippen LogP contribution < -0.4 is 11.1 Å². The summed E-state index contributed by atoms with van der Waals surface area (Å²) in [5.74, 6) is 1.69. The smallest absolute Gasteiger partial charge is 0.265 e. The number of aliphatic hydroxyl groups excluding tert-OH is 1. The summed E-state index contributed by atoms with van der Waals surface area (Å²) < 4.78 is 25.5. The predicted octanol–water partition coefficient (Wildman–Crippen LogP) is 2.73. The molecule has 0 saturated carbocycles. The number of alkyl halides is 2. The average molecular weight is 276 g/mol. The number of hydrogen-bond acceptors (Lipinski definition) is 4. The monoisotopic (exact) mass is 276 g/mol. The van der Waals surface area contributed by atoms with Crippen LogP contribution >= 0.6 is 11.8 Å². The van der Waals surface area contributed by atoms with Gasteiger partial charge in [-0.05, 0) is 30.4 Å². The average Bonchev–Trinajstić information content (AvgIpc) is 2.35. The molecule has 0 atom stereocenters. The lowest BCUT2D eigenvalue weighted by Gasteiger charge is -2.12. The number of hydrogen-bond donors (Lipinski definition) is 3. The van der Waals surface area contributed by atoms with Gasteiger partial charge in [-0.15, -0.1) is 0 Å². The zero-order valence-electron chi connectivity index (χ0n) is 10.0. The second-order valence-corrected chi connectivity index (χ2v) is 4.99. The molecule has 1 aromatic carbocycles. The van der Waals surface area contributed by atoms with Crippen molar-refractivity contribution in [2.24, 2.45) is 0 Å². The first kappa shape index (κ1) is 15.0. The number of nitrogens with one attached hydrogen (secondary N) is 1. The minimum Gasteiger partial charge on any atom is -0.399 e. The van der Waals surface area contributed by atoms with E-state index in [1.54, 1.807) is 23.9 Å². The number of nitrogen functional groups attached to an aromatic ring is 1. The van der Waals surface area contributed by atoms with Crippen LogP contribution in [0.5, 0.6) is 0 Å². The van der Waals surface area contributed by atoms with Crippen LogP contribution in [0.4, 0.5) is 20.2 Å². The molecule has 0 aliphatic heterocycles. The molecule has 0 bridgehead atoms. The molecule has 0 amide bonds. The first-order chi connectivity index (χ1) is 8.65. The van der Waals surface area contributed by atoms with Crippen LogP contribution in [0, 0.1) is 0 Å². The van der Waals surface area contributed by atoms with Gasteiger partial charge in [0.1, 0.15) is 0 Å². The van der Waals surface area contributed by atoms with Gasteiger partial charge in [-0.25, -0.2) is 8.78 Å². The van der Waals surface area contributed by atoms with E-state index in [4.69, 9.17) is 10.8 Å². The zero-order valence-corrected chi connectivity index (χ0v) is 10.9. The number of nitrogens with two attached hydrogens (primary N) is 1. The van der Waals surface area contributed by atoms with Crippen molar-refractivity contribution in [3.05, 3.63) is 23.8 Å². The lowest BCUT2D eigenvalue weighted by Crippen LogP contribution is -2.07. The fraction of sp³-hybridized carbons (Fsp3) is 0.500. The Balaban J connectivity index is 2.42. The molecular weight excluding hydrogens is 258 g/mol. The molecule has 1 rings (SSSR count). The summed E-state index contributed by atoms with van der Waals surface area (Å²) in [6.45, 7) is 0.799. The Morgan fingerprint density at radius 2 is 2.11 bits per heavy atom. The summed E-state index contributed by atoms with van der Waals surface area (Å²) in [6, 6.07) is 4.48. The number of halogens is 2. The number of thioether (sulfide) groups is 1. The topological polar surface area (TPSA) is 58.3 Å². The Morgan fingerprint density at radius 1 is 1.33 bits per heavy atom. The maximum absolute atomic E-state index is 12.8. The quantitative estimate of drug-likeness (QED) is 0.505. The van der Waals surface area contributed by atoms with Gasteiger partial charge in [-0.2, -0.15) is 11.8 Å². The van der Waals surface area contributed by atoms with Crippen LogP contribution in [-0.2, 0) is 0 Å². The molecule has 18 heavy (non-hydrogen) atoms. The van der Waals surface area contributed by atoms with Gasteiger partial charge in [0.15, 0.2) is 0 Å². The van der Waals surface area contributed by atoms with Crippen molar-refractivity contribution in [3.63, 3.8) is 0 Å². The predicted molar refractivity (Wildman–Crippen MR) is 73.3 cm³/mol. The largest absolute Gasteiger partial charge is 0.399 e. The maximum Gasteiger partial charge on any atom is 0.265 e. The standard InChI is InChI=1S/C12H18F2N2OS/c13-12(14)10-8-9(15)2-3-11(10)16-4-7-18-6-1-5-17/h2-3,8,12,16-17H,1,4-7,15H2. The molecule has 4 N–H and O–H groups in total. The van der Waals surface area contributed by atoms with E-state index < -0.39 is 6.43 Å². The summed E-state index contributed by atoms with van der Waals surface area (Å²) in [6.07, 6.45) is -1.77. The zero-order chi connectivity index (χ0) is 13.4. The van der Waals surface area contributed by atoms with E-state index in [1.807, 2.05) is 0 Å². The van der Waals surface area contributed by atoms with Crippen molar-refractivity contribution >= 4 is 23.1 Å². The SMILES string of the molecule is Nc1ccc(NCCSCCCO)c(C(F)F)c1. The normalized spacial score (nSPS) is 10.9. The van der Waals surface area contributed by atoms with E-state index in [0.29, 0.717) is 17.9 Å². The van der Waals surface area contributed by atoms with Gasteiger partial charge in [-0.3, -0.25) is 0 Å². The van der Waals surface area contributed by atoms with Crippen LogP contribution in [0.25, 0.3) is 0 Å². The van der Waals surface area contributed by atoms with Gasteiger partial charge in [-0.1, -0.05) is 0 Å². The summed E-state index contributed by atoms with van der Waals surface area (Å²) >= 11 is 1.68. The Morgan fingerprint density at radius 3 is 2.78 bits per heavy atom. The van der Waals surface area contributed by atoms with E-state index in [-0.39, 0.29) is 12.2 Å². The Hall–Kier alpha value is -1.01. The molecule has 0 spiro atoms. The molecular formula is C12H18F2N2OS. The molecule has 0 unspecified atom stereocenters. The first-order valence-electron chi connectivity index (χ1n) is 5.75. The van der Waals surface area contributed by atoms with Crippen molar-refractivity contribution in [2.45, 2.75) is 12.8 Å². The second-order valence-electron chi connectivity index (χ2n) is 3.76. The minimum absolute atomic E-state index is 0.0599. The third-order valence-electron chi connectivity index (χ3n) is 2.32. The molecule has 6 heteroatoms. The van der Waals surface area contributed by atoms with E-state index >= 15 is 0 Å². The summed E-state index contributed by atoms with van der Waals surface area (Å²) in [7, 11) is 0. The van der Waals surface area contributed by atoms with Crippen LogP contribution in [-0.4, -0.2) is 29.8 Å². The maximum atomic E-state index is 12.8. The molecule has 0 saturated heterocycles. The number of aliphatic hydroxyl groups is 1. The first-order valence-corrected chi connectivity index (χ1v) is 6.90. The third-order valence-corrected chi connectivity index (χ3v) is 3.39. The summed E-state index contributed by atoms with van der Waals surface area (Å²) in [4.78, 5) is 0. The van der Waals surface area contributed by atoms with E-state index in [9.17, 15) is 8.78 Å². The number of benzene rings is 1. The van der Waals surface area contributed by atoms with Crippen molar-refractivity contribution in [1.82, 2.24) is 0 Å². The van der Waals surface area contributed by atoms with Crippen molar-refractivity contribution in [2.75, 3.05) is 35.7 Å². The van der Waals surface area contributed by atoms with Crippen LogP contribution in [0.3, 0.4) is 0 Å². The molecule has 3 nitrogen and oxygen atoms in total. The second kappa shape index (κ2) is 8.16. The van der Waals surface area contributed by atoms with E-state index in [0.717, 1.165) is 17.9 Å². The molecule has 0 aliphatic rings. The lowest BCUT2D eigenvalue weighted by atomic mass is 10.1. The van der Waals surface area contributed by atoms with E-state index in [2.05, 4.69) is 5.32 Å². The fourth-order valence-corrected chi connectivity index (χ4v) is 2.23. The van der Waals surface area contributed by atoms with Crippen LogP contribution in [0.15, 0.2) is 18.2 Å². The minimum atomic E-state index is -2.53. The van der Waals surface area contributed by atoms with E-state index in [1.165, 1.54) is 6.07 Å². The van der Waals surface area contributed by atoms with Gasteiger partial charge in [0.05, 0.1) is 0 Å². The van der Waals surface area contributed by atoms with Gasteiger partial charge in [0, 0.05) is 35.8 Å². The van der Waals surface area contributed by atoms with Crippen molar-refractivity contribution in [1.29, 1.82) is 0 Å². The Labute approximate surface area is 110 Å². The highest BCUT2D eigenvalue weighted by Gasteiger charge is 2.12. The van der Waals surface area contributed by atoms with Crippen molar-refractivity contribution in [3.8, 4) is 0 Å². The van der Waals surface area contributed by atoms with Gasteiger partial charge >= 0.3 is 0 Å². The molecule has 1 aromatic rings. The molecule has 0 aliphatic carbocycles. The van der Waals surface area contributed by atoms with Gasteiger partial charge in [0.25, 0.3) is 6.43 Å². The number of rotatable bonds is 8. The molecule has 0 fully saturated rings. The Bertz CT molecular complexity index is 364. The van der Waals surface area contributed by atoms with Gasteiger partial charge < -0.3 is 16.2 Å². The molecule has 102 valence electrons. The highest BCUT2D eigenvalue weighted by Crippen LogP contribution is 2.28. The molecule has 0 heterocycles. The summed E-state index contributed by atoms with van der Waals surface area (Å²) in [5, 5.41) is 11.6. The Kier molecular flexibility index (Phi) is 6.82. The van der Waals surface area contributed by atoms with Crippen molar-refractivity contribution < 1.29 is 13.9 Å². The third kappa shape index (κ3) is 5.10. The lowest BCUT2D eigenvalue weighted by molar-refractivity contribution is 0.152. The molecule has 0 aromatic heterocycles. The fourth-order valence-electron chi connectivity index (χ4n) is 1.45. The molecule has 0 radical (unpaired) electrons. The number of anilines is 2. The summed E-state index contributed by atoms with van der Waals surface area (Å²) in [5.41, 5.74) is 6.20. The highest BCUT2D eigenvalue weighted by molar-refractivity contribution is 7.99. The highest BCUT2D eigenvalue weighted by atomic mass is 32.2. The van der Waals surface area contributed by atoms with Crippen LogP contribution in [0.1, 0.15) is 18.4 Å². The van der Waals surface area contributed by atoms with Crippen LogP contribution in [0.2, 0.25) is 0 Å². The van der Waals surface area contributed by atoms with Gasteiger partial charge in [0.2, 0.25) is 0 Å².